The number of benzene rings is 1. The Balaban J connectivity index is 2.03. The summed E-state index contributed by atoms with van der Waals surface area (Å²) < 4.78 is 10.8. The van der Waals surface area contributed by atoms with Crippen molar-refractivity contribution in [3.63, 3.8) is 0 Å². The Morgan fingerprint density at radius 1 is 1.20 bits per heavy atom. The summed E-state index contributed by atoms with van der Waals surface area (Å²) in [6.45, 7) is 1.01. The van der Waals surface area contributed by atoms with E-state index >= 15 is 0 Å². The molecule has 0 aliphatic rings. The first-order valence-corrected chi connectivity index (χ1v) is 6.55. The maximum atomic E-state index is 5.75. The lowest BCUT2D eigenvalue weighted by Crippen LogP contribution is -2.12. The molecule has 1 heterocycles. The van der Waals surface area contributed by atoms with Crippen molar-refractivity contribution in [3.8, 4) is 5.75 Å². The van der Waals surface area contributed by atoms with Crippen LogP contribution in [0.15, 0.2) is 42.6 Å². The number of ether oxygens (including phenoxy) is 2. The van der Waals surface area contributed by atoms with Crippen LogP contribution in [-0.2, 0) is 18.0 Å². The number of aromatic nitrogens is 1. The van der Waals surface area contributed by atoms with Crippen LogP contribution in [0.1, 0.15) is 16.8 Å². The highest BCUT2D eigenvalue weighted by Crippen LogP contribution is 2.16. The van der Waals surface area contributed by atoms with Crippen LogP contribution in [0.2, 0.25) is 0 Å². The molecule has 0 spiro atoms. The van der Waals surface area contributed by atoms with E-state index in [9.17, 15) is 0 Å². The molecule has 0 radical (unpaired) electrons. The number of hydrogen-bond acceptors (Lipinski definition) is 4. The van der Waals surface area contributed by atoms with Gasteiger partial charge < -0.3 is 15.2 Å². The van der Waals surface area contributed by atoms with E-state index in [1.807, 2.05) is 36.4 Å². The fourth-order valence-corrected chi connectivity index (χ4v) is 1.87. The summed E-state index contributed by atoms with van der Waals surface area (Å²) in [7, 11) is 1.67. The molecule has 2 N–H and O–H groups in total. The van der Waals surface area contributed by atoms with Crippen molar-refractivity contribution in [2.45, 2.75) is 13.2 Å². The standard InChI is InChI=1S/C15H16N2O2S/c1-18-9-11-3-2-4-13(7-11)19-10-12-5-6-17-14(8-12)15(16)20/h2-8H,9-10H2,1H3,(H2,16,20). The van der Waals surface area contributed by atoms with Crippen LogP contribution in [0, 0.1) is 0 Å². The number of nitrogens with two attached hydrogens (primary N) is 1. The van der Waals surface area contributed by atoms with Gasteiger partial charge in [0.2, 0.25) is 0 Å². The van der Waals surface area contributed by atoms with Gasteiger partial charge in [0, 0.05) is 13.3 Å². The van der Waals surface area contributed by atoms with Gasteiger partial charge in [0.1, 0.15) is 17.3 Å². The van der Waals surface area contributed by atoms with Crippen molar-refractivity contribution >= 4 is 17.2 Å². The molecule has 2 aromatic rings. The van der Waals surface area contributed by atoms with Gasteiger partial charge in [-0.1, -0.05) is 24.4 Å². The molecule has 0 amide bonds. The van der Waals surface area contributed by atoms with Gasteiger partial charge in [-0.05, 0) is 35.4 Å². The highest BCUT2D eigenvalue weighted by molar-refractivity contribution is 7.80. The molecule has 5 heteroatoms. The van der Waals surface area contributed by atoms with Crippen molar-refractivity contribution in [3.05, 3.63) is 59.4 Å². The first-order valence-electron chi connectivity index (χ1n) is 6.14. The van der Waals surface area contributed by atoms with Crippen molar-refractivity contribution in [2.24, 2.45) is 5.73 Å². The second-order valence-electron chi connectivity index (χ2n) is 4.28. The van der Waals surface area contributed by atoms with Crippen LogP contribution in [0.3, 0.4) is 0 Å². The molecule has 0 fully saturated rings. The molecule has 0 unspecified atom stereocenters. The van der Waals surface area contributed by atoms with Crippen LogP contribution in [0.25, 0.3) is 0 Å². The summed E-state index contributed by atoms with van der Waals surface area (Å²) in [5, 5.41) is 0. The van der Waals surface area contributed by atoms with Gasteiger partial charge in [-0.2, -0.15) is 0 Å². The summed E-state index contributed by atoms with van der Waals surface area (Å²) >= 11 is 4.91. The van der Waals surface area contributed by atoms with Gasteiger partial charge >= 0.3 is 0 Å². The minimum atomic E-state index is 0.286. The highest BCUT2D eigenvalue weighted by Gasteiger charge is 2.02. The topological polar surface area (TPSA) is 57.4 Å². The molecule has 0 bridgehead atoms. The first kappa shape index (κ1) is 14.4. The number of rotatable bonds is 6. The lowest BCUT2D eigenvalue weighted by molar-refractivity contribution is 0.184. The zero-order valence-electron chi connectivity index (χ0n) is 11.2. The molecule has 1 aromatic carbocycles. The molecule has 104 valence electrons. The van der Waals surface area contributed by atoms with E-state index < -0.39 is 0 Å². The summed E-state index contributed by atoms with van der Waals surface area (Å²) in [6.07, 6.45) is 1.68. The zero-order chi connectivity index (χ0) is 14.4. The molecule has 0 aliphatic heterocycles. The smallest absolute Gasteiger partial charge is 0.122 e. The SMILES string of the molecule is COCc1cccc(OCc2ccnc(C(N)=S)c2)c1. The highest BCUT2D eigenvalue weighted by atomic mass is 32.1. The van der Waals surface area contributed by atoms with Crippen molar-refractivity contribution in [1.29, 1.82) is 0 Å². The summed E-state index contributed by atoms with van der Waals surface area (Å²) in [6, 6.07) is 11.5. The Hall–Kier alpha value is -1.98. The van der Waals surface area contributed by atoms with Gasteiger partial charge in [-0.3, -0.25) is 4.98 Å². The van der Waals surface area contributed by atoms with E-state index in [0.29, 0.717) is 18.9 Å². The zero-order valence-corrected chi connectivity index (χ0v) is 12.0. The second-order valence-corrected chi connectivity index (χ2v) is 4.72. The Morgan fingerprint density at radius 2 is 2.00 bits per heavy atom. The monoisotopic (exact) mass is 288 g/mol. The largest absolute Gasteiger partial charge is 0.489 e. The summed E-state index contributed by atoms with van der Waals surface area (Å²) in [5.74, 6) is 0.799. The van der Waals surface area contributed by atoms with Crippen LogP contribution in [0.5, 0.6) is 5.75 Å². The minimum absolute atomic E-state index is 0.286. The average Bonchev–Trinajstić information content (AvgIpc) is 2.46. The first-order chi connectivity index (χ1) is 9.69. The number of thiocarbonyl (C=S) groups is 1. The van der Waals surface area contributed by atoms with Crippen molar-refractivity contribution in [1.82, 2.24) is 4.98 Å². The summed E-state index contributed by atoms with van der Waals surface area (Å²) in [5.41, 5.74) is 8.21. The third kappa shape index (κ3) is 4.01. The van der Waals surface area contributed by atoms with Gasteiger partial charge in [-0.15, -0.1) is 0 Å². The Kier molecular flexibility index (Phi) is 5.03. The minimum Gasteiger partial charge on any atom is -0.489 e. The van der Waals surface area contributed by atoms with E-state index in [4.69, 9.17) is 27.4 Å². The maximum Gasteiger partial charge on any atom is 0.122 e. The quantitative estimate of drug-likeness (QED) is 0.827. The predicted octanol–water partition coefficient (Wildman–Crippen LogP) is 2.44. The number of methoxy groups -OCH3 is 1. The molecule has 0 saturated heterocycles. The molecule has 20 heavy (non-hydrogen) atoms. The van der Waals surface area contributed by atoms with E-state index in [1.54, 1.807) is 13.3 Å². The Morgan fingerprint density at radius 3 is 2.75 bits per heavy atom. The van der Waals surface area contributed by atoms with Crippen LogP contribution < -0.4 is 10.5 Å². The molecule has 0 saturated carbocycles. The predicted molar refractivity (Wildman–Crippen MR) is 81.6 cm³/mol. The van der Waals surface area contributed by atoms with E-state index in [0.717, 1.165) is 16.9 Å². The molecular formula is C15H16N2O2S. The van der Waals surface area contributed by atoms with E-state index in [1.165, 1.54) is 0 Å². The maximum absolute atomic E-state index is 5.75. The fourth-order valence-electron chi connectivity index (χ4n) is 1.76. The second kappa shape index (κ2) is 6.98. The molecular weight excluding hydrogens is 272 g/mol. The lowest BCUT2D eigenvalue weighted by Gasteiger charge is -2.08. The van der Waals surface area contributed by atoms with E-state index in [-0.39, 0.29) is 4.99 Å². The molecule has 0 atom stereocenters. The van der Waals surface area contributed by atoms with E-state index in [2.05, 4.69) is 4.98 Å². The van der Waals surface area contributed by atoms with Gasteiger partial charge in [0.15, 0.2) is 0 Å². The average molecular weight is 288 g/mol. The van der Waals surface area contributed by atoms with Crippen LogP contribution >= 0.6 is 12.2 Å². The van der Waals surface area contributed by atoms with Crippen LogP contribution in [0.4, 0.5) is 0 Å². The number of nitrogens with zero attached hydrogens (tertiary/aromatic N) is 1. The normalized spacial score (nSPS) is 10.2. The third-order valence-electron chi connectivity index (χ3n) is 2.69. The number of hydrogen-bond donors (Lipinski definition) is 1. The van der Waals surface area contributed by atoms with Gasteiger partial charge in [0.25, 0.3) is 0 Å². The molecule has 2 rings (SSSR count). The molecule has 1 aromatic heterocycles. The summed E-state index contributed by atoms with van der Waals surface area (Å²) in [4.78, 5) is 4.38. The molecule has 4 nitrogen and oxygen atoms in total. The Bertz CT molecular complexity index is 602. The molecule has 0 aliphatic carbocycles. The third-order valence-corrected chi connectivity index (χ3v) is 2.90. The Labute approximate surface area is 123 Å². The van der Waals surface area contributed by atoms with Crippen LogP contribution in [-0.4, -0.2) is 17.1 Å². The van der Waals surface area contributed by atoms with Crippen molar-refractivity contribution in [2.75, 3.05) is 7.11 Å². The van der Waals surface area contributed by atoms with Gasteiger partial charge in [-0.25, -0.2) is 0 Å². The van der Waals surface area contributed by atoms with Crippen molar-refractivity contribution < 1.29 is 9.47 Å². The van der Waals surface area contributed by atoms with Gasteiger partial charge in [0.05, 0.1) is 12.3 Å². The number of pyridine rings is 1. The fraction of sp³-hybridized carbons (Fsp3) is 0.200. The lowest BCUT2D eigenvalue weighted by atomic mass is 10.2.